The van der Waals surface area contributed by atoms with Crippen LogP contribution in [0.2, 0.25) is 5.15 Å². The highest BCUT2D eigenvalue weighted by Crippen LogP contribution is 2.52. The Kier molecular flexibility index (Phi) is 7.58. The molecule has 0 radical (unpaired) electrons. The Labute approximate surface area is 200 Å². The fraction of sp³-hybridized carbons (Fsp3) is 0.450. The van der Waals surface area contributed by atoms with Crippen molar-refractivity contribution in [3.8, 4) is 11.4 Å². The van der Waals surface area contributed by atoms with E-state index < -0.39 is 0 Å². The number of benzene rings is 1. The average molecular weight is 499 g/mol. The fourth-order valence-corrected chi connectivity index (χ4v) is 7.07. The Morgan fingerprint density at radius 1 is 1.29 bits per heavy atom. The number of ether oxygens (including phenoxy) is 1. The molecule has 1 aliphatic rings. The maximum atomic E-state index is 5.95. The third-order valence-electron chi connectivity index (χ3n) is 4.96. The zero-order valence-corrected chi connectivity index (χ0v) is 20.3. The molecule has 1 saturated heterocycles. The maximum absolute atomic E-state index is 5.95. The van der Waals surface area contributed by atoms with E-state index in [1.165, 1.54) is 6.42 Å². The van der Waals surface area contributed by atoms with Crippen molar-refractivity contribution >= 4 is 58.4 Å². The molecule has 1 aliphatic heterocycles. The summed E-state index contributed by atoms with van der Waals surface area (Å²) < 4.78 is 7.29. The molecule has 1 aromatic carbocycles. The van der Waals surface area contributed by atoms with Gasteiger partial charge in [-0.15, -0.1) is 40.2 Å². The Bertz CT molecular complexity index is 1010. The number of halogens is 2. The van der Waals surface area contributed by atoms with Crippen LogP contribution in [0.1, 0.15) is 31.5 Å². The lowest BCUT2D eigenvalue weighted by Gasteiger charge is -2.34. The largest absolute Gasteiger partial charge is 0.494 e. The van der Waals surface area contributed by atoms with Gasteiger partial charge in [0.25, 0.3) is 0 Å². The first kappa shape index (κ1) is 22.6. The maximum Gasteiger partial charge on any atom is 0.246 e. The van der Waals surface area contributed by atoms with Crippen molar-refractivity contribution in [2.75, 3.05) is 29.8 Å². The molecule has 166 valence electrons. The van der Waals surface area contributed by atoms with Gasteiger partial charge in [0.15, 0.2) is 5.82 Å². The molecule has 0 aliphatic carbocycles. The normalized spacial score (nSPS) is 15.7. The van der Waals surface area contributed by atoms with Crippen molar-refractivity contribution in [3.63, 3.8) is 0 Å². The molecule has 7 nitrogen and oxygen atoms in total. The molecule has 31 heavy (non-hydrogen) atoms. The smallest absolute Gasteiger partial charge is 0.246 e. The van der Waals surface area contributed by atoms with Crippen molar-refractivity contribution in [1.29, 1.82) is 0 Å². The summed E-state index contributed by atoms with van der Waals surface area (Å²) in [5.41, 5.74) is 1.67. The highest BCUT2D eigenvalue weighted by molar-refractivity contribution is 8.18. The molecule has 0 atom stereocenters. The minimum atomic E-state index is -0.0839. The second-order valence-corrected chi connectivity index (χ2v) is 10.9. The molecule has 2 aromatic heterocycles. The second kappa shape index (κ2) is 10.4. The van der Waals surface area contributed by atoms with E-state index in [9.17, 15) is 0 Å². The predicted molar refractivity (Wildman–Crippen MR) is 131 cm³/mol. The van der Waals surface area contributed by atoms with Gasteiger partial charge in [-0.2, -0.15) is 4.98 Å². The molecule has 0 saturated carbocycles. The van der Waals surface area contributed by atoms with Gasteiger partial charge in [-0.05, 0) is 49.3 Å². The van der Waals surface area contributed by atoms with Crippen molar-refractivity contribution in [3.05, 3.63) is 41.7 Å². The van der Waals surface area contributed by atoms with E-state index in [-0.39, 0.29) is 4.08 Å². The molecule has 11 heteroatoms. The van der Waals surface area contributed by atoms with Crippen LogP contribution in [0.15, 0.2) is 30.7 Å². The van der Waals surface area contributed by atoms with Crippen LogP contribution < -0.4 is 10.1 Å². The molecule has 3 heterocycles. The number of aromatic amines is 1. The average Bonchev–Trinajstić information content (AvgIpc) is 3.44. The third-order valence-corrected chi connectivity index (χ3v) is 8.84. The van der Waals surface area contributed by atoms with Crippen LogP contribution in [0.3, 0.4) is 0 Å². The lowest BCUT2D eigenvalue weighted by atomic mass is 10.2. The molecule has 0 bridgehead atoms. The van der Waals surface area contributed by atoms with Gasteiger partial charge in [0.2, 0.25) is 5.95 Å². The standard InChI is InChI=1S/C20H24Cl2N6OS2/c1-29-16-11-14(5-6-15(16)28-12-17(22)23-13-28)24-19-25-18(26-27-19)20(7-2-3-8-21)30-9-4-10-31-20/h5-6,11-13H,2-4,7-10H2,1H3,(H2,24,25,26,27). The number of nitrogens with zero attached hydrogens (tertiary/aromatic N) is 4. The number of rotatable bonds is 9. The van der Waals surface area contributed by atoms with E-state index in [1.807, 2.05) is 46.3 Å². The molecule has 2 N–H and O–H groups in total. The first-order valence-electron chi connectivity index (χ1n) is 10.1. The van der Waals surface area contributed by atoms with E-state index in [4.69, 9.17) is 32.9 Å². The number of hydrogen-bond acceptors (Lipinski definition) is 7. The van der Waals surface area contributed by atoms with Crippen LogP contribution in [0, 0.1) is 0 Å². The third kappa shape index (κ3) is 5.27. The molecule has 0 spiro atoms. The van der Waals surface area contributed by atoms with Crippen LogP contribution in [0.25, 0.3) is 5.69 Å². The molecule has 0 unspecified atom stereocenters. The first-order valence-corrected chi connectivity index (χ1v) is 12.9. The first-order chi connectivity index (χ1) is 15.1. The zero-order valence-electron chi connectivity index (χ0n) is 17.1. The minimum absolute atomic E-state index is 0.0839. The predicted octanol–water partition coefficient (Wildman–Crippen LogP) is 5.83. The number of thioether (sulfide) groups is 2. The summed E-state index contributed by atoms with van der Waals surface area (Å²) in [6, 6.07) is 5.79. The number of unbranched alkanes of at least 4 members (excludes halogenated alkanes) is 1. The van der Waals surface area contributed by atoms with Crippen molar-refractivity contribution in [2.45, 2.75) is 29.8 Å². The van der Waals surface area contributed by atoms with Gasteiger partial charge in [-0.25, -0.2) is 4.98 Å². The summed E-state index contributed by atoms with van der Waals surface area (Å²) in [4.78, 5) is 8.85. The summed E-state index contributed by atoms with van der Waals surface area (Å²) in [7, 11) is 1.63. The molecule has 1 fully saturated rings. The lowest BCUT2D eigenvalue weighted by Crippen LogP contribution is -2.24. The van der Waals surface area contributed by atoms with Gasteiger partial charge in [-0.1, -0.05) is 11.6 Å². The van der Waals surface area contributed by atoms with Crippen molar-refractivity contribution < 1.29 is 4.74 Å². The molecule has 0 amide bonds. The quantitative estimate of drug-likeness (QED) is 0.283. The summed E-state index contributed by atoms with van der Waals surface area (Å²) in [6.07, 6.45) is 7.72. The van der Waals surface area contributed by atoms with Crippen LogP contribution >= 0.6 is 46.7 Å². The van der Waals surface area contributed by atoms with Gasteiger partial charge < -0.3 is 14.6 Å². The van der Waals surface area contributed by atoms with Gasteiger partial charge in [0.1, 0.15) is 21.3 Å². The summed E-state index contributed by atoms with van der Waals surface area (Å²) in [5, 5.41) is 11.3. The number of alkyl halides is 1. The van der Waals surface area contributed by atoms with E-state index in [0.717, 1.165) is 48.0 Å². The number of aromatic nitrogens is 5. The van der Waals surface area contributed by atoms with Crippen LogP contribution in [0.5, 0.6) is 5.75 Å². The Morgan fingerprint density at radius 3 is 2.84 bits per heavy atom. The fourth-order valence-electron chi connectivity index (χ4n) is 3.44. The van der Waals surface area contributed by atoms with Crippen molar-refractivity contribution in [1.82, 2.24) is 24.7 Å². The monoisotopic (exact) mass is 498 g/mol. The van der Waals surface area contributed by atoms with E-state index in [2.05, 4.69) is 20.5 Å². The van der Waals surface area contributed by atoms with Gasteiger partial charge in [0, 0.05) is 23.8 Å². The van der Waals surface area contributed by atoms with Crippen LogP contribution in [-0.4, -0.2) is 49.2 Å². The minimum Gasteiger partial charge on any atom is -0.494 e. The summed E-state index contributed by atoms with van der Waals surface area (Å²) in [5.74, 6) is 5.10. The SMILES string of the molecule is COc1cc(Nc2n[nH]c(C3(CCCCCl)SCCCS3)n2)ccc1-n1cnc(Cl)c1. The number of anilines is 2. The lowest BCUT2D eigenvalue weighted by molar-refractivity contribution is 0.413. The zero-order chi connectivity index (χ0) is 21.7. The summed E-state index contributed by atoms with van der Waals surface area (Å²) in [6.45, 7) is 0. The highest BCUT2D eigenvalue weighted by atomic mass is 35.5. The molecular weight excluding hydrogens is 475 g/mol. The van der Waals surface area contributed by atoms with Crippen LogP contribution in [0.4, 0.5) is 11.6 Å². The Hall–Kier alpha value is -1.55. The summed E-state index contributed by atoms with van der Waals surface area (Å²) >= 11 is 15.8. The van der Waals surface area contributed by atoms with Crippen LogP contribution in [-0.2, 0) is 4.08 Å². The molecule has 4 rings (SSSR count). The number of nitrogens with one attached hydrogen (secondary N) is 2. The number of hydrogen-bond donors (Lipinski definition) is 2. The van der Waals surface area contributed by atoms with Gasteiger partial charge in [-0.3, -0.25) is 5.10 Å². The molecule has 3 aromatic rings. The number of methoxy groups -OCH3 is 1. The Morgan fingerprint density at radius 2 is 2.13 bits per heavy atom. The van der Waals surface area contributed by atoms with E-state index in [1.54, 1.807) is 19.6 Å². The Balaban J connectivity index is 1.52. The van der Waals surface area contributed by atoms with E-state index >= 15 is 0 Å². The second-order valence-electron chi connectivity index (χ2n) is 7.07. The van der Waals surface area contributed by atoms with Gasteiger partial charge in [0.05, 0.1) is 12.8 Å². The van der Waals surface area contributed by atoms with Crippen molar-refractivity contribution in [2.24, 2.45) is 0 Å². The van der Waals surface area contributed by atoms with Gasteiger partial charge >= 0.3 is 0 Å². The van der Waals surface area contributed by atoms with E-state index in [0.29, 0.717) is 22.7 Å². The number of H-pyrrole nitrogens is 1. The molecular formula is C20H24Cl2N6OS2. The highest BCUT2D eigenvalue weighted by Gasteiger charge is 2.38. The number of imidazole rings is 1. The topological polar surface area (TPSA) is 80.6 Å².